The zero-order valence-corrected chi connectivity index (χ0v) is 12.8. The maximum Gasteiger partial charge on any atom is 0.161 e. The topological polar surface area (TPSA) is 21.7 Å². The Labute approximate surface area is 122 Å². The van der Waals surface area contributed by atoms with E-state index < -0.39 is 0 Å². The van der Waals surface area contributed by atoms with Gasteiger partial charge in [-0.15, -0.1) is 0 Å². The molecule has 1 heterocycles. The van der Waals surface area contributed by atoms with Gasteiger partial charge in [-0.2, -0.15) is 0 Å². The molecule has 0 saturated heterocycles. The minimum absolute atomic E-state index is 0.801. The fourth-order valence-corrected chi connectivity index (χ4v) is 2.58. The van der Waals surface area contributed by atoms with Crippen LogP contribution in [-0.2, 0) is 6.42 Å². The van der Waals surface area contributed by atoms with Gasteiger partial charge in [-0.1, -0.05) is 19.8 Å². The van der Waals surface area contributed by atoms with E-state index in [-0.39, 0.29) is 0 Å². The summed E-state index contributed by atoms with van der Waals surface area (Å²) in [7, 11) is 3.37. The molecule has 0 fully saturated rings. The lowest BCUT2D eigenvalue weighted by molar-refractivity contribution is 0.353. The first-order valence-corrected chi connectivity index (χ1v) is 7.45. The van der Waals surface area contributed by atoms with E-state index in [0.717, 1.165) is 31.0 Å². The van der Waals surface area contributed by atoms with Gasteiger partial charge in [-0.05, 0) is 48.4 Å². The number of hydrogen-bond donors (Lipinski definition) is 0. The molecule has 110 valence electrons. The largest absolute Gasteiger partial charge is 0.493 e. The molecule has 0 atom stereocenters. The van der Waals surface area contributed by atoms with Crippen LogP contribution in [0.1, 0.15) is 37.3 Å². The summed E-state index contributed by atoms with van der Waals surface area (Å²) in [5.74, 6) is 1.62. The van der Waals surface area contributed by atoms with Crippen LogP contribution in [0.5, 0.6) is 11.5 Å². The molecule has 20 heavy (non-hydrogen) atoms. The van der Waals surface area contributed by atoms with Gasteiger partial charge in [-0.25, -0.2) is 0 Å². The van der Waals surface area contributed by atoms with Crippen LogP contribution in [0.3, 0.4) is 0 Å². The predicted octanol–water partition coefficient (Wildman–Crippen LogP) is 3.72. The summed E-state index contributed by atoms with van der Waals surface area (Å²) in [5.41, 5.74) is 2.57. The lowest BCUT2D eigenvalue weighted by Gasteiger charge is -2.18. The van der Waals surface area contributed by atoms with Gasteiger partial charge < -0.3 is 14.4 Å². The number of nitrogens with zero attached hydrogens (tertiary/aromatic N) is 1. The van der Waals surface area contributed by atoms with Gasteiger partial charge in [-0.3, -0.25) is 0 Å². The fourth-order valence-electron chi connectivity index (χ4n) is 2.58. The summed E-state index contributed by atoms with van der Waals surface area (Å²) in [6.45, 7) is 4.46. The summed E-state index contributed by atoms with van der Waals surface area (Å²) >= 11 is 0. The number of fused-ring (bicyclic) bond motifs is 1. The van der Waals surface area contributed by atoms with Gasteiger partial charge in [0, 0.05) is 13.1 Å². The minimum Gasteiger partial charge on any atom is -0.493 e. The highest BCUT2D eigenvalue weighted by Crippen LogP contribution is 2.32. The number of rotatable bonds is 6. The molecule has 0 aromatic heterocycles. The molecule has 0 N–H and O–H groups in total. The molecule has 1 aromatic carbocycles. The number of benzene rings is 1. The first kappa shape index (κ1) is 14.8. The van der Waals surface area contributed by atoms with E-state index in [9.17, 15) is 0 Å². The van der Waals surface area contributed by atoms with Gasteiger partial charge in [0.2, 0.25) is 0 Å². The second kappa shape index (κ2) is 7.22. The smallest absolute Gasteiger partial charge is 0.161 e. The minimum atomic E-state index is 0.801. The monoisotopic (exact) mass is 275 g/mol. The van der Waals surface area contributed by atoms with Crippen molar-refractivity contribution in [2.45, 2.75) is 32.6 Å². The molecule has 1 aromatic rings. The Morgan fingerprint density at radius 2 is 1.85 bits per heavy atom. The van der Waals surface area contributed by atoms with Crippen LogP contribution in [-0.4, -0.2) is 32.2 Å². The van der Waals surface area contributed by atoms with Gasteiger partial charge in [0.15, 0.2) is 11.5 Å². The molecule has 1 aliphatic rings. The molecular formula is C17H25NO2. The maximum absolute atomic E-state index is 5.39. The van der Waals surface area contributed by atoms with E-state index in [1.165, 1.54) is 30.4 Å². The Balaban J connectivity index is 2.12. The molecule has 1 aliphatic heterocycles. The average Bonchev–Trinajstić information content (AvgIpc) is 2.68. The van der Waals surface area contributed by atoms with Crippen molar-refractivity contribution in [1.82, 2.24) is 4.90 Å². The van der Waals surface area contributed by atoms with E-state index in [1.54, 1.807) is 14.2 Å². The van der Waals surface area contributed by atoms with Crippen molar-refractivity contribution in [3.05, 3.63) is 29.5 Å². The zero-order chi connectivity index (χ0) is 14.4. The van der Waals surface area contributed by atoms with Crippen molar-refractivity contribution in [2.24, 2.45) is 0 Å². The molecule has 3 heteroatoms. The van der Waals surface area contributed by atoms with E-state index >= 15 is 0 Å². The molecule has 0 bridgehead atoms. The van der Waals surface area contributed by atoms with Gasteiger partial charge in [0.05, 0.1) is 14.2 Å². The highest BCUT2D eigenvalue weighted by molar-refractivity contribution is 5.61. The predicted molar refractivity (Wildman–Crippen MR) is 83.4 cm³/mol. The van der Waals surface area contributed by atoms with Crippen LogP contribution < -0.4 is 9.47 Å². The molecule has 0 amide bonds. The third-order valence-electron chi connectivity index (χ3n) is 3.83. The Bertz CT molecular complexity index is 468. The Morgan fingerprint density at radius 1 is 1.10 bits per heavy atom. The molecule has 3 nitrogen and oxygen atoms in total. The quantitative estimate of drug-likeness (QED) is 0.739. The average molecular weight is 275 g/mol. The molecular weight excluding hydrogens is 250 g/mol. The molecule has 0 saturated carbocycles. The van der Waals surface area contributed by atoms with Crippen molar-refractivity contribution < 1.29 is 9.47 Å². The van der Waals surface area contributed by atoms with Crippen molar-refractivity contribution in [3.63, 3.8) is 0 Å². The van der Waals surface area contributed by atoms with Crippen LogP contribution in [0, 0.1) is 0 Å². The van der Waals surface area contributed by atoms with Crippen LogP contribution in [0.4, 0.5) is 0 Å². The SMILES string of the molecule is CCCCCN1C=Cc2cc(OC)c(OC)cc2CC1. The second-order valence-electron chi connectivity index (χ2n) is 5.21. The van der Waals surface area contributed by atoms with Gasteiger partial charge in [0.25, 0.3) is 0 Å². The number of unbranched alkanes of at least 4 members (excludes halogenated alkanes) is 2. The van der Waals surface area contributed by atoms with Crippen molar-refractivity contribution in [1.29, 1.82) is 0 Å². The number of ether oxygens (including phenoxy) is 2. The van der Waals surface area contributed by atoms with Crippen molar-refractivity contribution >= 4 is 6.08 Å². The first-order valence-electron chi connectivity index (χ1n) is 7.45. The summed E-state index contributed by atoms with van der Waals surface area (Å²) < 4.78 is 10.8. The maximum atomic E-state index is 5.39. The summed E-state index contributed by atoms with van der Waals surface area (Å²) in [6.07, 6.45) is 9.30. The Morgan fingerprint density at radius 3 is 2.55 bits per heavy atom. The van der Waals surface area contributed by atoms with Gasteiger partial charge in [0.1, 0.15) is 0 Å². The zero-order valence-electron chi connectivity index (χ0n) is 12.8. The number of hydrogen-bond acceptors (Lipinski definition) is 3. The molecule has 0 spiro atoms. The van der Waals surface area contributed by atoms with E-state index in [1.807, 2.05) is 0 Å². The standard InChI is InChI=1S/C17H25NO2/c1-4-5-6-9-18-10-7-14-12-16(19-2)17(20-3)13-15(14)8-11-18/h7,10,12-13H,4-6,8-9,11H2,1-3H3. The summed E-state index contributed by atoms with van der Waals surface area (Å²) in [5, 5.41) is 0. The third-order valence-corrected chi connectivity index (χ3v) is 3.83. The summed E-state index contributed by atoms with van der Waals surface area (Å²) in [6, 6.07) is 4.17. The lowest BCUT2D eigenvalue weighted by Crippen LogP contribution is -2.20. The second-order valence-corrected chi connectivity index (χ2v) is 5.21. The molecule has 0 aliphatic carbocycles. The van der Waals surface area contributed by atoms with Crippen LogP contribution >= 0.6 is 0 Å². The van der Waals surface area contributed by atoms with Crippen molar-refractivity contribution in [2.75, 3.05) is 27.3 Å². The van der Waals surface area contributed by atoms with E-state index in [2.05, 4.69) is 36.2 Å². The molecule has 0 radical (unpaired) electrons. The van der Waals surface area contributed by atoms with Crippen LogP contribution in [0.2, 0.25) is 0 Å². The van der Waals surface area contributed by atoms with Crippen LogP contribution in [0.25, 0.3) is 6.08 Å². The Hall–Kier alpha value is -1.64. The van der Waals surface area contributed by atoms with Crippen LogP contribution in [0.15, 0.2) is 18.3 Å². The number of methoxy groups -OCH3 is 2. The fraction of sp³-hybridized carbons (Fsp3) is 0.529. The highest BCUT2D eigenvalue weighted by Gasteiger charge is 2.13. The van der Waals surface area contributed by atoms with Gasteiger partial charge >= 0.3 is 0 Å². The normalized spacial score (nSPS) is 13.8. The molecule has 2 rings (SSSR count). The first-order chi connectivity index (χ1) is 9.78. The van der Waals surface area contributed by atoms with E-state index in [4.69, 9.17) is 9.47 Å². The Kier molecular flexibility index (Phi) is 5.33. The lowest BCUT2D eigenvalue weighted by atomic mass is 10.0. The summed E-state index contributed by atoms with van der Waals surface area (Å²) in [4.78, 5) is 2.41. The van der Waals surface area contributed by atoms with E-state index in [0.29, 0.717) is 0 Å². The van der Waals surface area contributed by atoms with Crippen molar-refractivity contribution in [3.8, 4) is 11.5 Å². The molecule has 0 unspecified atom stereocenters. The third kappa shape index (κ3) is 3.47. The highest BCUT2D eigenvalue weighted by atomic mass is 16.5.